The summed E-state index contributed by atoms with van der Waals surface area (Å²) in [7, 11) is 0. The number of nitrogens with one attached hydrogen (secondary N) is 1. The molecule has 3 N–H and O–H groups in total. The predicted molar refractivity (Wildman–Crippen MR) is 87.4 cm³/mol. The highest BCUT2D eigenvalue weighted by molar-refractivity contribution is 8.00. The fourth-order valence-corrected chi connectivity index (χ4v) is 2.20. The quantitative estimate of drug-likeness (QED) is 0.645. The number of benzene rings is 1. The van der Waals surface area contributed by atoms with Crippen molar-refractivity contribution < 1.29 is 14.3 Å². The summed E-state index contributed by atoms with van der Waals surface area (Å²) in [5.74, 6) is -0.116. The largest absolute Gasteiger partial charge is 0.459 e. The zero-order chi connectivity index (χ0) is 16.0. The van der Waals surface area contributed by atoms with Crippen LogP contribution in [0.4, 0.5) is 11.4 Å². The molecule has 0 saturated carbocycles. The van der Waals surface area contributed by atoms with Crippen LogP contribution in [0.3, 0.4) is 0 Å². The SMILES string of the molecule is Cc1cc(N)ccc1NC(=O)CSCC(=O)OC(C)(C)C. The van der Waals surface area contributed by atoms with Gasteiger partial charge in [0, 0.05) is 11.4 Å². The maximum absolute atomic E-state index is 11.8. The molecule has 0 aliphatic heterocycles. The molecule has 0 unspecified atom stereocenters. The molecule has 0 radical (unpaired) electrons. The number of anilines is 2. The van der Waals surface area contributed by atoms with E-state index in [1.807, 2.05) is 27.7 Å². The Morgan fingerprint density at radius 2 is 1.95 bits per heavy atom. The third-order valence-corrected chi connectivity index (χ3v) is 3.30. The third kappa shape index (κ3) is 7.04. The number of nitrogens with two attached hydrogens (primary N) is 1. The molecule has 0 aromatic heterocycles. The van der Waals surface area contributed by atoms with E-state index in [1.165, 1.54) is 11.8 Å². The van der Waals surface area contributed by atoms with Crippen LogP contribution in [0, 0.1) is 6.92 Å². The minimum atomic E-state index is -0.499. The van der Waals surface area contributed by atoms with E-state index in [1.54, 1.807) is 18.2 Å². The topological polar surface area (TPSA) is 81.4 Å². The van der Waals surface area contributed by atoms with E-state index in [0.717, 1.165) is 11.3 Å². The van der Waals surface area contributed by atoms with E-state index in [4.69, 9.17) is 10.5 Å². The van der Waals surface area contributed by atoms with Gasteiger partial charge in [-0.25, -0.2) is 0 Å². The van der Waals surface area contributed by atoms with Crippen molar-refractivity contribution in [1.82, 2.24) is 0 Å². The van der Waals surface area contributed by atoms with Crippen LogP contribution >= 0.6 is 11.8 Å². The summed E-state index contributed by atoms with van der Waals surface area (Å²) in [4.78, 5) is 23.3. The minimum Gasteiger partial charge on any atom is -0.459 e. The van der Waals surface area contributed by atoms with Crippen molar-refractivity contribution in [1.29, 1.82) is 0 Å². The number of esters is 1. The molecule has 6 heteroatoms. The van der Waals surface area contributed by atoms with E-state index in [9.17, 15) is 9.59 Å². The number of hydrogen-bond acceptors (Lipinski definition) is 5. The van der Waals surface area contributed by atoms with Crippen molar-refractivity contribution in [3.63, 3.8) is 0 Å². The minimum absolute atomic E-state index is 0.156. The summed E-state index contributed by atoms with van der Waals surface area (Å²) < 4.78 is 5.16. The molecule has 1 aromatic carbocycles. The van der Waals surface area contributed by atoms with Gasteiger partial charge in [0.15, 0.2) is 0 Å². The molecular formula is C15H22N2O3S. The fraction of sp³-hybridized carbons (Fsp3) is 0.467. The van der Waals surface area contributed by atoms with Gasteiger partial charge in [-0.3, -0.25) is 9.59 Å². The zero-order valence-corrected chi connectivity index (χ0v) is 13.7. The lowest BCUT2D eigenvalue weighted by atomic mass is 10.2. The highest BCUT2D eigenvalue weighted by atomic mass is 32.2. The van der Waals surface area contributed by atoms with Gasteiger partial charge in [-0.2, -0.15) is 0 Å². The highest BCUT2D eigenvalue weighted by Crippen LogP contribution is 2.18. The smallest absolute Gasteiger partial charge is 0.316 e. The van der Waals surface area contributed by atoms with Gasteiger partial charge in [0.1, 0.15) is 5.60 Å². The van der Waals surface area contributed by atoms with Crippen molar-refractivity contribution in [3.8, 4) is 0 Å². The normalized spacial score (nSPS) is 11.0. The monoisotopic (exact) mass is 310 g/mol. The third-order valence-electron chi connectivity index (χ3n) is 2.40. The standard InChI is InChI=1S/C15H22N2O3S/c1-10-7-11(16)5-6-12(10)17-13(18)8-21-9-14(19)20-15(2,3)4/h5-7H,8-9,16H2,1-4H3,(H,17,18). The van der Waals surface area contributed by atoms with Crippen LogP contribution < -0.4 is 11.1 Å². The van der Waals surface area contributed by atoms with Crippen LogP contribution in [0.5, 0.6) is 0 Å². The summed E-state index contributed by atoms with van der Waals surface area (Å²) in [6.07, 6.45) is 0. The van der Waals surface area contributed by atoms with Crippen LogP contribution in [-0.4, -0.2) is 29.0 Å². The first kappa shape index (κ1) is 17.4. The Balaban J connectivity index is 2.36. The van der Waals surface area contributed by atoms with Gasteiger partial charge < -0.3 is 15.8 Å². The lowest BCUT2D eigenvalue weighted by Gasteiger charge is -2.19. The number of carbonyl (C=O) groups is 2. The van der Waals surface area contributed by atoms with E-state index in [0.29, 0.717) is 5.69 Å². The van der Waals surface area contributed by atoms with Gasteiger partial charge in [0.05, 0.1) is 11.5 Å². The molecule has 116 valence electrons. The van der Waals surface area contributed by atoms with Crippen molar-refractivity contribution in [3.05, 3.63) is 23.8 Å². The summed E-state index contributed by atoms with van der Waals surface area (Å²) in [6, 6.07) is 5.29. The molecule has 1 rings (SSSR count). The zero-order valence-electron chi connectivity index (χ0n) is 12.9. The Morgan fingerprint density at radius 3 is 2.52 bits per heavy atom. The molecule has 0 atom stereocenters. The van der Waals surface area contributed by atoms with Gasteiger partial charge in [-0.05, 0) is 51.5 Å². The molecule has 0 spiro atoms. The van der Waals surface area contributed by atoms with Crippen LogP contribution in [0.1, 0.15) is 26.3 Å². The molecule has 21 heavy (non-hydrogen) atoms. The molecule has 5 nitrogen and oxygen atoms in total. The fourth-order valence-electron chi connectivity index (χ4n) is 1.61. The number of thioether (sulfide) groups is 1. The van der Waals surface area contributed by atoms with Crippen molar-refractivity contribution in [2.24, 2.45) is 0 Å². The van der Waals surface area contributed by atoms with Gasteiger partial charge >= 0.3 is 5.97 Å². The number of aryl methyl sites for hydroxylation is 1. The van der Waals surface area contributed by atoms with E-state index < -0.39 is 5.60 Å². The van der Waals surface area contributed by atoms with Crippen LogP contribution in [0.25, 0.3) is 0 Å². The van der Waals surface area contributed by atoms with Gasteiger partial charge in [0.2, 0.25) is 5.91 Å². The first-order valence-corrected chi connectivity index (χ1v) is 7.78. The maximum atomic E-state index is 11.8. The molecular weight excluding hydrogens is 288 g/mol. The van der Waals surface area contributed by atoms with Crippen LogP contribution in [-0.2, 0) is 14.3 Å². The Labute approximate surface area is 129 Å². The van der Waals surface area contributed by atoms with Crippen molar-refractivity contribution in [2.75, 3.05) is 22.6 Å². The molecule has 0 bridgehead atoms. The summed E-state index contributed by atoms with van der Waals surface area (Å²) in [5, 5.41) is 2.79. The molecule has 0 aliphatic rings. The average molecular weight is 310 g/mol. The van der Waals surface area contributed by atoms with Gasteiger partial charge in [-0.1, -0.05) is 0 Å². The van der Waals surface area contributed by atoms with E-state index in [-0.39, 0.29) is 23.4 Å². The Bertz CT molecular complexity index is 524. The average Bonchev–Trinajstić information content (AvgIpc) is 2.30. The van der Waals surface area contributed by atoms with Gasteiger partial charge in [0.25, 0.3) is 0 Å². The first-order valence-electron chi connectivity index (χ1n) is 6.63. The molecule has 1 amide bonds. The van der Waals surface area contributed by atoms with Crippen LogP contribution in [0.15, 0.2) is 18.2 Å². The molecule has 0 aliphatic carbocycles. The Kier molecular flexibility index (Phi) is 6.08. The lowest BCUT2D eigenvalue weighted by Crippen LogP contribution is -2.25. The van der Waals surface area contributed by atoms with Crippen molar-refractivity contribution in [2.45, 2.75) is 33.3 Å². The van der Waals surface area contributed by atoms with Crippen LogP contribution in [0.2, 0.25) is 0 Å². The summed E-state index contributed by atoms with van der Waals surface area (Å²) in [6.45, 7) is 7.31. The van der Waals surface area contributed by atoms with E-state index >= 15 is 0 Å². The molecule has 0 saturated heterocycles. The number of hydrogen-bond donors (Lipinski definition) is 2. The molecule has 0 heterocycles. The second-order valence-corrected chi connectivity index (χ2v) is 6.69. The lowest BCUT2D eigenvalue weighted by molar-refractivity contribution is -0.151. The number of carbonyl (C=O) groups excluding carboxylic acids is 2. The second-order valence-electron chi connectivity index (χ2n) is 5.70. The summed E-state index contributed by atoms with van der Waals surface area (Å²) in [5.41, 5.74) is 7.44. The highest BCUT2D eigenvalue weighted by Gasteiger charge is 2.16. The molecule has 1 aromatic rings. The molecule has 0 fully saturated rings. The number of amides is 1. The maximum Gasteiger partial charge on any atom is 0.316 e. The van der Waals surface area contributed by atoms with E-state index in [2.05, 4.69) is 5.32 Å². The predicted octanol–water partition coefficient (Wildman–Crippen LogP) is 2.59. The summed E-state index contributed by atoms with van der Waals surface area (Å²) >= 11 is 1.23. The Morgan fingerprint density at radius 1 is 1.29 bits per heavy atom. The first-order chi connectivity index (χ1) is 9.67. The number of ether oxygens (including phenoxy) is 1. The van der Waals surface area contributed by atoms with Gasteiger partial charge in [-0.15, -0.1) is 11.8 Å². The Hall–Kier alpha value is -1.69. The number of rotatable bonds is 5. The second kappa shape index (κ2) is 7.36. The number of nitrogen functional groups attached to an aromatic ring is 1. The van der Waals surface area contributed by atoms with Crippen molar-refractivity contribution >= 4 is 35.0 Å².